The summed E-state index contributed by atoms with van der Waals surface area (Å²) in [5.74, 6) is 2.52. The van der Waals surface area contributed by atoms with Crippen molar-refractivity contribution in [3.8, 4) is 33.6 Å². The van der Waals surface area contributed by atoms with Crippen molar-refractivity contribution in [1.82, 2.24) is 40.5 Å². The van der Waals surface area contributed by atoms with Gasteiger partial charge in [0, 0.05) is 31.4 Å². The van der Waals surface area contributed by atoms with Crippen LogP contribution in [0.1, 0.15) is 68.7 Å². The number of pyridine rings is 1. The lowest BCUT2D eigenvalue weighted by atomic mass is 9.46. The summed E-state index contributed by atoms with van der Waals surface area (Å²) < 4.78 is 4.76. The number of carbonyl (C=O) groups excluding carboxylic acids is 3. The van der Waals surface area contributed by atoms with E-state index in [1.807, 2.05) is 43.3 Å². The summed E-state index contributed by atoms with van der Waals surface area (Å²) in [6.45, 7) is 4.91. The van der Waals surface area contributed by atoms with Crippen molar-refractivity contribution in [3.05, 3.63) is 103 Å². The number of alkyl carbamates (subject to hydrolysis) is 1. The normalized spacial score (nSPS) is 22.1. The minimum absolute atomic E-state index is 0.0564. The van der Waals surface area contributed by atoms with Crippen LogP contribution in [0, 0.1) is 23.7 Å². The molecule has 0 radical (unpaired) electrons. The Morgan fingerprint density at radius 1 is 0.833 bits per heavy atom. The van der Waals surface area contributed by atoms with E-state index < -0.39 is 12.1 Å². The molecule has 2 saturated carbocycles. The Bertz CT molecular complexity index is 2110. The summed E-state index contributed by atoms with van der Waals surface area (Å²) in [6, 6.07) is 19.8. The van der Waals surface area contributed by atoms with Crippen molar-refractivity contribution in [2.24, 2.45) is 23.7 Å². The van der Waals surface area contributed by atoms with Crippen LogP contribution in [0.25, 0.3) is 33.6 Å². The second kappa shape index (κ2) is 14.9. The van der Waals surface area contributed by atoms with Gasteiger partial charge in [0.15, 0.2) is 0 Å². The van der Waals surface area contributed by atoms with E-state index in [2.05, 4.69) is 79.1 Å². The molecule has 8 rings (SSSR count). The van der Waals surface area contributed by atoms with E-state index in [1.54, 1.807) is 12.4 Å². The van der Waals surface area contributed by atoms with Crippen molar-refractivity contribution in [2.45, 2.75) is 64.1 Å². The number of methoxy groups -OCH3 is 1. The minimum atomic E-state index is -0.676. The minimum Gasteiger partial charge on any atom is -0.453 e. The van der Waals surface area contributed by atoms with Gasteiger partial charge in [-0.1, -0.05) is 68.4 Å². The van der Waals surface area contributed by atoms with Crippen LogP contribution >= 0.6 is 0 Å². The summed E-state index contributed by atoms with van der Waals surface area (Å²) in [6.07, 6.45) is 10.5. The van der Waals surface area contributed by atoms with Gasteiger partial charge in [0.2, 0.25) is 11.8 Å². The zero-order valence-corrected chi connectivity index (χ0v) is 30.8. The number of hydrogen-bond acceptors (Lipinski definition) is 7. The molecule has 3 amide bonds. The van der Waals surface area contributed by atoms with E-state index in [4.69, 9.17) is 9.72 Å². The van der Waals surface area contributed by atoms with Crippen LogP contribution in [0.15, 0.2) is 85.5 Å². The topological polar surface area (TPSA) is 158 Å². The molecule has 54 heavy (non-hydrogen) atoms. The number of nitrogens with zero attached hydrogens (tertiary/aromatic N) is 4. The third-order valence-corrected chi connectivity index (χ3v) is 11.7. The standard InChI is InChI=1S/C42H46N8O4/c1-24(2)37(49-42(53)54-3)41(52)50-19-5-7-34(50)38-44-22-32(47-38)28-12-8-26(9-13-28)27-10-14-29(15-11-27)33-23-45-39(48-33)35-30-16-17-31(30)36(35)40(51)46-21-25-6-4-18-43-20-25/h4,6,8-15,18,20,22-24,30-31,34-37H,5,7,16-17,19,21H2,1-3H3,(H,44,47)(H,45,48)(H,46,51)(H,49,53)/t30?,31-,34+,35?,36-,37+/m1/s1. The van der Waals surface area contributed by atoms with Crippen molar-refractivity contribution >= 4 is 17.9 Å². The number of benzene rings is 2. The summed E-state index contributed by atoms with van der Waals surface area (Å²) in [5, 5.41) is 5.84. The Morgan fingerprint density at radius 2 is 1.46 bits per heavy atom. The van der Waals surface area contributed by atoms with Gasteiger partial charge in [-0.3, -0.25) is 14.6 Å². The molecule has 3 aromatic heterocycles. The Morgan fingerprint density at radius 3 is 2.06 bits per heavy atom. The average molecular weight is 727 g/mol. The zero-order valence-electron chi connectivity index (χ0n) is 30.8. The quantitative estimate of drug-likeness (QED) is 0.119. The molecule has 5 aromatic rings. The first-order valence-corrected chi connectivity index (χ1v) is 18.9. The SMILES string of the molecule is COC(=O)N[C@H](C(=O)N1CCC[C@H]1c1ncc(-c2ccc(-c3ccc(-c4cnc(C5C6CC[C@H]6[C@H]5C(=O)NCc5cccnc5)[nH]4)cc3)cc2)[nH]1)C(C)C. The monoisotopic (exact) mass is 726 g/mol. The van der Waals surface area contributed by atoms with E-state index in [1.165, 1.54) is 7.11 Å². The van der Waals surface area contributed by atoms with Crippen LogP contribution < -0.4 is 10.6 Å². The molecule has 1 aliphatic heterocycles. The van der Waals surface area contributed by atoms with Gasteiger partial charge >= 0.3 is 6.09 Å². The molecule has 3 aliphatic rings. The predicted molar refractivity (Wildman–Crippen MR) is 203 cm³/mol. The Balaban J connectivity index is 0.907. The highest BCUT2D eigenvalue weighted by Crippen LogP contribution is 2.62. The highest BCUT2D eigenvalue weighted by Gasteiger charge is 2.59. The van der Waals surface area contributed by atoms with Gasteiger partial charge in [0.05, 0.1) is 42.9 Å². The van der Waals surface area contributed by atoms with Crippen molar-refractivity contribution < 1.29 is 19.1 Å². The molecule has 2 aromatic carbocycles. The molecule has 6 atom stereocenters. The third kappa shape index (κ3) is 6.76. The molecule has 0 bridgehead atoms. The molecule has 4 N–H and O–H groups in total. The van der Waals surface area contributed by atoms with Crippen molar-refractivity contribution in [1.29, 1.82) is 0 Å². The molecular formula is C42H46N8O4. The van der Waals surface area contributed by atoms with E-state index in [0.29, 0.717) is 24.9 Å². The second-order valence-corrected chi connectivity index (χ2v) is 15.1. The van der Waals surface area contributed by atoms with Crippen molar-refractivity contribution in [3.63, 3.8) is 0 Å². The van der Waals surface area contributed by atoms with Crippen LogP contribution in [0.2, 0.25) is 0 Å². The van der Waals surface area contributed by atoms with Crippen LogP contribution in [0.4, 0.5) is 4.79 Å². The zero-order chi connectivity index (χ0) is 37.3. The molecule has 4 heterocycles. The molecule has 0 spiro atoms. The number of fused-ring (bicyclic) bond motifs is 1. The molecule has 2 unspecified atom stereocenters. The van der Waals surface area contributed by atoms with Crippen molar-refractivity contribution in [2.75, 3.05) is 13.7 Å². The lowest BCUT2D eigenvalue weighted by Crippen LogP contribution is -2.57. The number of nitrogens with one attached hydrogen (secondary N) is 4. The van der Waals surface area contributed by atoms with Gasteiger partial charge < -0.3 is 30.2 Å². The molecule has 3 fully saturated rings. The summed E-state index contributed by atoms with van der Waals surface area (Å²) in [5.41, 5.74) is 7.04. The fourth-order valence-corrected chi connectivity index (χ4v) is 8.55. The van der Waals surface area contributed by atoms with Gasteiger partial charge in [-0.05, 0) is 77.3 Å². The van der Waals surface area contributed by atoms with Gasteiger partial charge in [-0.15, -0.1) is 0 Å². The first kappa shape index (κ1) is 35.3. The average Bonchev–Trinajstić information content (AvgIpc) is 3.99. The number of rotatable bonds is 11. The lowest BCUT2D eigenvalue weighted by molar-refractivity contribution is -0.145. The first-order valence-electron chi connectivity index (χ1n) is 18.9. The van der Waals surface area contributed by atoms with E-state index in [0.717, 1.165) is 76.5 Å². The first-order chi connectivity index (χ1) is 26.3. The molecule has 278 valence electrons. The lowest BCUT2D eigenvalue weighted by Gasteiger charge is -2.57. The summed E-state index contributed by atoms with van der Waals surface area (Å²) >= 11 is 0. The molecule has 12 nitrogen and oxygen atoms in total. The highest BCUT2D eigenvalue weighted by molar-refractivity contribution is 5.86. The van der Waals surface area contributed by atoms with Crippen LogP contribution in [-0.2, 0) is 20.9 Å². The smallest absolute Gasteiger partial charge is 0.407 e. The number of imidazole rings is 2. The fraction of sp³-hybridized carbons (Fsp3) is 0.381. The maximum atomic E-state index is 13.5. The Hall–Kier alpha value is -5.78. The highest BCUT2D eigenvalue weighted by atomic mass is 16.5. The van der Waals surface area contributed by atoms with Crippen LogP contribution in [-0.4, -0.2) is 67.4 Å². The number of likely N-dealkylation sites (tertiary alicyclic amines) is 1. The van der Waals surface area contributed by atoms with Gasteiger partial charge in [-0.25, -0.2) is 14.8 Å². The van der Waals surface area contributed by atoms with Crippen LogP contribution in [0.5, 0.6) is 0 Å². The maximum absolute atomic E-state index is 13.5. The van der Waals surface area contributed by atoms with Gasteiger partial charge in [0.25, 0.3) is 0 Å². The second-order valence-electron chi connectivity index (χ2n) is 15.1. The van der Waals surface area contributed by atoms with Crippen LogP contribution in [0.3, 0.4) is 0 Å². The van der Waals surface area contributed by atoms with Gasteiger partial charge in [-0.2, -0.15) is 0 Å². The third-order valence-electron chi connectivity index (χ3n) is 11.7. The number of ether oxygens (including phenoxy) is 1. The number of aromatic amines is 2. The largest absolute Gasteiger partial charge is 0.453 e. The Kier molecular flexibility index (Phi) is 9.74. The number of H-pyrrole nitrogens is 2. The number of amides is 3. The number of hydrogen-bond donors (Lipinski definition) is 4. The molecule has 12 heteroatoms. The van der Waals surface area contributed by atoms with E-state index in [9.17, 15) is 14.4 Å². The maximum Gasteiger partial charge on any atom is 0.407 e. The molecule has 1 saturated heterocycles. The number of carbonyl (C=O) groups is 3. The number of aromatic nitrogens is 5. The van der Waals surface area contributed by atoms with Gasteiger partial charge in [0.1, 0.15) is 17.7 Å². The predicted octanol–water partition coefficient (Wildman–Crippen LogP) is 6.63. The summed E-state index contributed by atoms with van der Waals surface area (Å²) in [7, 11) is 1.30. The Labute approximate surface area is 314 Å². The molecule has 2 aliphatic carbocycles. The fourth-order valence-electron chi connectivity index (χ4n) is 8.55. The van der Waals surface area contributed by atoms with E-state index in [-0.39, 0.29) is 35.6 Å². The van der Waals surface area contributed by atoms with E-state index >= 15 is 0 Å². The molecular weight excluding hydrogens is 681 g/mol. The summed E-state index contributed by atoms with van der Waals surface area (Å²) in [4.78, 5) is 61.2.